The Morgan fingerprint density at radius 1 is 1.18 bits per heavy atom. The summed E-state index contributed by atoms with van der Waals surface area (Å²) in [6.45, 7) is 8.94. The van der Waals surface area contributed by atoms with E-state index >= 15 is 0 Å². The third-order valence-electron chi connectivity index (χ3n) is 3.91. The number of aryl methyl sites for hydroxylation is 1. The summed E-state index contributed by atoms with van der Waals surface area (Å²) in [6.07, 6.45) is 0.914. The lowest BCUT2D eigenvalue weighted by Crippen LogP contribution is -2.21. The van der Waals surface area contributed by atoms with Crippen LogP contribution >= 0.6 is 0 Å². The summed E-state index contributed by atoms with van der Waals surface area (Å²) in [5, 5.41) is 10.1. The topological polar surface area (TPSA) is 59.3 Å². The molecule has 4 nitrogen and oxygen atoms in total. The second-order valence-corrected chi connectivity index (χ2v) is 6.47. The predicted octanol–water partition coefficient (Wildman–Crippen LogP) is 3.87. The fraction of sp³-hybridized carbons (Fsp3) is 0.444. The molecule has 118 valence electrons. The van der Waals surface area contributed by atoms with Gasteiger partial charge in [-0.05, 0) is 47.4 Å². The van der Waals surface area contributed by atoms with Crippen LogP contribution in [0.1, 0.15) is 56.0 Å². The molecule has 1 N–H and O–H groups in total. The van der Waals surface area contributed by atoms with Crippen LogP contribution in [0.3, 0.4) is 0 Å². The predicted molar refractivity (Wildman–Crippen MR) is 88.7 cm³/mol. The largest absolute Gasteiger partial charge is 0.478 e. The van der Waals surface area contributed by atoms with E-state index < -0.39 is 5.97 Å². The Bertz CT molecular complexity index is 757. The average Bonchev–Trinajstić information content (AvgIpc) is 2.44. The summed E-state index contributed by atoms with van der Waals surface area (Å²) in [7, 11) is 0. The molecule has 22 heavy (non-hydrogen) atoms. The second-order valence-electron chi connectivity index (χ2n) is 6.47. The molecule has 2 rings (SSSR count). The maximum Gasteiger partial charge on any atom is 0.335 e. The van der Waals surface area contributed by atoms with Crippen LogP contribution in [0.15, 0.2) is 29.1 Å². The summed E-state index contributed by atoms with van der Waals surface area (Å²) in [4.78, 5) is 23.6. The number of aromatic carboxylic acids is 1. The Hall–Kier alpha value is -2.10. The zero-order chi connectivity index (χ0) is 16.4. The van der Waals surface area contributed by atoms with Crippen molar-refractivity contribution in [1.82, 2.24) is 4.57 Å². The number of hydrogen-bond donors (Lipinski definition) is 1. The molecule has 0 aliphatic rings. The fourth-order valence-corrected chi connectivity index (χ4v) is 2.65. The number of benzene rings is 1. The Kier molecular flexibility index (Phi) is 4.69. The molecule has 0 aliphatic carbocycles. The lowest BCUT2D eigenvalue weighted by Gasteiger charge is -2.17. The lowest BCUT2D eigenvalue weighted by atomic mass is 9.96. The Balaban J connectivity index is 2.76. The quantitative estimate of drug-likeness (QED) is 0.912. The number of carboxylic acid groups (broad SMARTS) is 1. The van der Waals surface area contributed by atoms with Crippen LogP contribution in [-0.4, -0.2) is 15.6 Å². The monoisotopic (exact) mass is 301 g/mol. The molecule has 2 aromatic rings. The van der Waals surface area contributed by atoms with Gasteiger partial charge in [0.25, 0.3) is 5.56 Å². The van der Waals surface area contributed by atoms with Crippen molar-refractivity contribution in [3.63, 3.8) is 0 Å². The molecule has 0 saturated heterocycles. The number of carboxylic acids is 1. The summed E-state index contributed by atoms with van der Waals surface area (Å²) < 4.78 is 1.79. The molecule has 1 heterocycles. The highest BCUT2D eigenvalue weighted by Crippen LogP contribution is 2.27. The van der Waals surface area contributed by atoms with Crippen LogP contribution in [0.25, 0.3) is 10.9 Å². The van der Waals surface area contributed by atoms with Crippen molar-refractivity contribution in [2.24, 2.45) is 5.92 Å². The highest BCUT2D eigenvalue weighted by atomic mass is 16.4. The Morgan fingerprint density at radius 3 is 2.41 bits per heavy atom. The minimum Gasteiger partial charge on any atom is -0.478 e. The van der Waals surface area contributed by atoms with E-state index in [-0.39, 0.29) is 17.0 Å². The van der Waals surface area contributed by atoms with Crippen LogP contribution in [0.4, 0.5) is 0 Å². The number of nitrogens with zero attached hydrogens (tertiary/aromatic N) is 1. The summed E-state index contributed by atoms with van der Waals surface area (Å²) in [5.41, 5.74) is 2.02. The molecule has 0 unspecified atom stereocenters. The van der Waals surface area contributed by atoms with Gasteiger partial charge in [0.1, 0.15) is 0 Å². The van der Waals surface area contributed by atoms with Crippen LogP contribution in [0.5, 0.6) is 0 Å². The SMILES string of the molecule is CC(C)CCn1c(=O)ccc2cc(C(=O)O)cc(C(C)C)c21. The van der Waals surface area contributed by atoms with Crippen LogP contribution < -0.4 is 5.56 Å². The maximum atomic E-state index is 12.3. The number of fused-ring (bicyclic) bond motifs is 1. The molecule has 0 fully saturated rings. The van der Waals surface area contributed by atoms with Gasteiger partial charge in [-0.2, -0.15) is 0 Å². The summed E-state index contributed by atoms with van der Waals surface area (Å²) in [5.74, 6) is -0.291. The standard InChI is InChI=1S/C18H23NO3/c1-11(2)7-8-19-16(20)6-5-13-9-14(18(21)22)10-15(12(3)4)17(13)19/h5-6,9-12H,7-8H2,1-4H3,(H,21,22). The molecule has 0 bridgehead atoms. The highest BCUT2D eigenvalue weighted by Gasteiger charge is 2.15. The number of pyridine rings is 1. The van der Waals surface area contributed by atoms with Crippen molar-refractivity contribution in [3.05, 3.63) is 45.7 Å². The third-order valence-corrected chi connectivity index (χ3v) is 3.91. The van der Waals surface area contributed by atoms with Gasteiger partial charge in [0, 0.05) is 12.6 Å². The zero-order valence-corrected chi connectivity index (χ0v) is 13.6. The molecule has 0 atom stereocenters. The van der Waals surface area contributed by atoms with E-state index in [1.807, 2.05) is 13.8 Å². The molecule has 0 radical (unpaired) electrons. The minimum atomic E-state index is -0.941. The van der Waals surface area contributed by atoms with Crippen molar-refractivity contribution in [2.45, 2.75) is 46.6 Å². The van der Waals surface area contributed by atoms with Gasteiger partial charge in [-0.3, -0.25) is 4.79 Å². The van der Waals surface area contributed by atoms with Gasteiger partial charge < -0.3 is 9.67 Å². The van der Waals surface area contributed by atoms with Crippen LogP contribution in [0, 0.1) is 5.92 Å². The number of carbonyl (C=O) groups is 1. The molecular formula is C18H23NO3. The van der Waals surface area contributed by atoms with Gasteiger partial charge in [-0.25, -0.2) is 4.79 Å². The van der Waals surface area contributed by atoms with Crippen molar-refractivity contribution in [2.75, 3.05) is 0 Å². The number of hydrogen-bond acceptors (Lipinski definition) is 2. The number of aromatic nitrogens is 1. The van der Waals surface area contributed by atoms with Crippen LogP contribution in [0.2, 0.25) is 0 Å². The maximum absolute atomic E-state index is 12.3. The van der Waals surface area contributed by atoms with Gasteiger partial charge in [0.15, 0.2) is 0 Å². The first-order chi connectivity index (χ1) is 10.3. The second kappa shape index (κ2) is 6.34. The summed E-state index contributed by atoms with van der Waals surface area (Å²) >= 11 is 0. The number of rotatable bonds is 5. The lowest BCUT2D eigenvalue weighted by molar-refractivity contribution is 0.0697. The Morgan fingerprint density at radius 2 is 1.86 bits per heavy atom. The van der Waals surface area contributed by atoms with Crippen molar-refractivity contribution < 1.29 is 9.90 Å². The van der Waals surface area contributed by atoms with Gasteiger partial charge in [-0.1, -0.05) is 27.7 Å². The molecular weight excluding hydrogens is 278 g/mol. The average molecular weight is 301 g/mol. The van der Waals surface area contributed by atoms with Crippen molar-refractivity contribution in [1.29, 1.82) is 0 Å². The molecule has 0 aliphatic heterocycles. The van der Waals surface area contributed by atoms with Crippen LogP contribution in [-0.2, 0) is 6.54 Å². The molecule has 1 aromatic heterocycles. The Labute approximate surface area is 130 Å². The van der Waals surface area contributed by atoms with E-state index in [0.29, 0.717) is 12.5 Å². The molecule has 0 saturated carbocycles. The van der Waals surface area contributed by atoms with Gasteiger partial charge in [0.2, 0.25) is 0 Å². The van der Waals surface area contributed by atoms with Crippen molar-refractivity contribution in [3.8, 4) is 0 Å². The first kappa shape index (κ1) is 16.3. The van der Waals surface area contributed by atoms with E-state index in [1.54, 1.807) is 22.8 Å². The zero-order valence-electron chi connectivity index (χ0n) is 13.6. The third kappa shape index (κ3) is 3.21. The molecule has 0 spiro atoms. The van der Waals surface area contributed by atoms with Gasteiger partial charge in [0.05, 0.1) is 11.1 Å². The first-order valence-electron chi connectivity index (χ1n) is 7.72. The van der Waals surface area contributed by atoms with E-state index in [4.69, 9.17) is 0 Å². The van der Waals surface area contributed by atoms with E-state index in [9.17, 15) is 14.7 Å². The normalized spacial score (nSPS) is 11.5. The minimum absolute atomic E-state index is 0.0295. The van der Waals surface area contributed by atoms with E-state index in [0.717, 1.165) is 22.9 Å². The first-order valence-corrected chi connectivity index (χ1v) is 7.72. The van der Waals surface area contributed by atoms with Crippen molar-refractivity contribution >= 4 is 16.9 Å². The highest BCUT2D eigenvalue weighted by molar-refractivity contribution is 5.95. The van der Waals surface area contributed by atoms with E-state index in [1.165, 1.54) is 6.07 Å². The molecule has 1 aromatic carbocycles. The smallest absolute Gasteiger partial charge is 0.335 e. The molecule has 0 amide bonds. The van der Waals surface area contributed by atoms with E-state index in [2.05, 4.69) is 13.8 Å². The molecule has 4 heteroatoms. The fourth-order valence-electron chi connectivity index (χ4n) is 2.65. The van der Waals surface area contributed by atoms with Gasteiger partial charge >= 0.3 is 5.97 Å². The summed E-state index contributed by atoms with van der Waals surface area (Å²) in [6, 6.07) is 6.59. The van der Waals surface area contributed by atoms with Gasteiger partial charge in [-0.15, -0.1) is 0 Å².